The van der Waals surface area contributed by atoms with Gasteiger partial charge in [-0.3, -0.25) is 4.79 Å². The maximum atomic E-state index is 12.4. The zero-order valence-corrected chi connectivity index (χ0v) is 12.6. The summed E-state index contributed by atoms with van der Waals surface area (Å²) >= 11 is 6.15. The van der Waals surface area contributed by atoms with Crippen LogP contribution >= 0.6 is 11.6 Å². The van der Waals surface area contributed by atoms with Crippen molar-refractivity contribution < 1.29 is 9.21 Å². The van der Waals surface area contributed by atoms with E-state index in [4.69, 9.17) is 16.0 Å². The molecule has 21 heavy (non-hydrogen) atoms. The van der Waals surface area contributed by atoms with Crippen LogP contribution in [0.1, 0.15) is 17.0 Å². The molecule has 1 aromatic carbocycles. The van der Waals surface area contributed by atoms with Crippen molar-refractivity contribution in [2.75, 3.05) is 20.1 Å². The van der Waals surface area contributed by atoms with Gasteiger partial charge in [0.25, 0.3) is 5.91 Å². The number of furan rings is 1. The number of nitrogens with zero attached hydrogens (tertiary/aromatic N) is 1. The quantitative estimate of drug-likeness (QED) is 0.948. The first-order chi connectivity index (χ1) is 10.2. The Kier molecular flexibility index (Phi) is 3.99. The molecule has 0 saturated carbocycles. The average molecular weight is 305 g/mol. The summed E-state index contributed by atoms with van der Waals surface area (Å²) in [4.78, 5) is 14.2. The van der Waals surface area contributed by atoms with E-state index in [2.05, 4.69) is 5.32 Å². The number of rotatable bonds is 3. The highest BCUT2D eigenvalue weighted by Crippen LogP contribution is 2.29. The molecule has 5 heteroatoms. The Morgan fingerprint density at radius 1 is 1.33 bits per heavy atom. The predicted octanol–water partition coefficient (Wildman–Crippen LogP) is 3.03. The van der Waals surface area contributed by atoms with Gasteiger partial charge in [-0.05, 0) is 37.2 Å². The van der Waals surface area contributed by atoms with Gasteiger partial charge in [0.1, 0.15) is 5.76 Å². The van der Waals surface area contributed by atoms with Crippen LogP contribution in [0.3, 0.4) is 0 Å². The minimum absolute atomic E-state index is 0.0954. The fourth-order valence-corrected chi connectivity index (χ4v) is 2.80. The van der Waals surface area contributed by atoms with Crippen molar-refractivity contribution >= 4 is 17.5 Å². The summed E-state index contributed by atoms with van der Waals surface area (Å²) in [6, 6.07) is 11.2. The van der Waals surface area contributed by atoms with Crippen molar-refractivity contribution in [2.45, 2.75) is 12.5 Å². The Morgan fingerprint density at radius 2 is 2.14 bits per heavy atom. The Labute approximate surface area is 128 Å². The van der Waals surface area contributed by atoms with Crippen LogP contribution in [-0.2, 0) is 0 Å². The highest BCUT2D eigenvalue weighted by atomic mass is 35.5. The van der Waals surface area contributed by atoms with E-state index in [1.165, 1.54) is 0 Å². The molecule has 0 radical (unpaired) electrons. The van der Waals surface area contributed by atoms with Crippen LogP contribution in [0.5, 0.6) is 0 Å². The topological polar surface area (TPSA) is 45.5 Å². The molecule has 2 aromatic rings. The maximum absolute atomic E-state index is 12.4. The second kappa shape index (κ2) is 5.92. The molecular formula is C16H17ClN2O2. The molecule has 1 fully saturated rings. The summed E-state index contributed by atoms with van der Waals surface area (Å²) in [6.45, 7) is 1.78. The highest BCUT2D eigenvalue weighted by molar-refractivity contribution is 6.33. The van der Waals surface area contributed by atoms with Gasteiger partial charge in [-0.2, -0.15) is 0 Å². The van der Waals surface area contributed by atoms with Gasteiger partial charge in [-0.15, -0.1) is 0 Å². The molecule has 110 valence electrons. The SMILES string of the molecule is CN(C(=O)c1ccc(-c2ccccc2Cl)o1)C1CCNC1. The number of hydrogen-bond acceptors (Lipinski definition) is 3. The summed E-state index contributed by atoms with van der Waals surface area (Å²) in [5.74, 6) is 0.864. The van der Waals surface area contributed by atoms with E-state index >= 15 is 0 Å². The van der Waals surface area contributed by atoms with E-state index in [0.29, 0.717) is 16.5 Å². The van der Waals surface area contributed by atoms with Crippen molar-refractivity contribution in [3.8, 4) is 11.3 Å². The van der Waals surface area contributed by atoms with Gasteiger partial charge in [0.2, 0.25) is 0 Å². The van der Waals surface area contributed by atoms with Crippen LogP contribution < -0.4 is 5.32 Å². The summed E-state index contributed by atoms with van der Waals surface area (Å²) in [5, 5.41) is 3.87. The smallest absolute Gasteiger partial charge is 0.289 e. The summed E-state index contributed by atoms with van der Waals surface area (Å²) in [5.41, 5.74) is 0.795. The predicted molar refractivity (Wildman–Crippen MR) is 82.5 cm³/mol. The van der Waals surface area contributed by atoms with E-state index in [0.717, 1.165) is 25.1 Å². The lowest BCUT2D eigenvalue weighted by Gasteiger charge is -2.22. The minimum atomic E-state index is -0.0954. The Balaban J connectivity index is 1.81. The van der Waals surface area contributed by atoms with E-state index in [9.17, 15) is 4.79 Å². The Bertz CT molecular complexity index is 647. The number of amides is 1. The van der Waals surface area contributed by atoms with E-state index < -0.39 is 0 Å². The first-order valence-electron chi connectivity index (χ1n) is 6.99. The lowest BCUT2D eigenvalue weighted by Crippen LogP contribution is -2.38. The molecule has 1 unspecified atom stereocenters. The van der Waals surface area contributed by atoms with Crippen LogP contribution in [0.4, 0.5) is 0 Å². The lowest BCUT2D eigenvalue weighted by molar-refractivity contribution is 0.0712. The monoisotopic (exact) mass is 304 g/mol. The molecule has 0 bridgehead atoms. The minimum Gasteiger partial charge on any atom is -0.451 e. The van der Waals surface area contributed by atoms with Crippen LogP contribution in [-0.4, -0.2) is 37.0 Å². The van der Waals surface area contributed by atoms with Crippen LogP contribution in [0.25, 0.3) is 11.3 Å². The van der Waals surface area contributed by atoms with Gasteiger partial charge in [0.05, 0.1) is 5.02 Å². The van der Waals surface area contributed by atoms with E-state index in [1.54, 1.807) is 23.1 Å². The molecule has 1 atom stereocenters. The Morgan fingerprint density at radius 3 is 2.86 bits per heavy atom. The largest absolute Gasteiger partial charge is 0.451 e. The number of likely N-dealkylation sites (N-methyl/N-ethyl adjacent to an activating group) is 1. The molecule has 0 aliphatic carbocycles. The Hall–Kier alpha value is -1.78. The third-order valence-electron chi connectivity index (χ3n) is 3.86. The summed E-state index contributed by atoms with van der Waals surface area (Å²) in [6.07, 6.45) is 0.973. The zero-order chi connectivity index (χ0) is 14.8. The van der Waals surface area contributed by atoms with Crippen LogP contribution in [0.2, 0.25) is 5.02 Å². The standard InChI is InChI=1S/C16H17ClN2O2/c1-19(11-8-9-18-10-11)16(20)15-7-6-14(21-15)12-4-2-3-5-13(12)17/h2-7,11,18H,8-10H2,1H3. The lowest BCUT2D eigenvalue weighted by atomic mass is 10.2. The van der Waals surface area contributed by atoms with Crippen LogP contribution in [0.15, 0.2) is 40.8 Å². The van der Waals surface area contributed by atoms with Crippen molar-refractivity contribution in [3.05, 3.63) is 47.2 Å². The summed E-state index contributed by atoms with van der Waals surface area (Å²) in [7, 11) is 1.82. The molecule has 1 amide bonds. The van der Waals surface area contributed by atoms with Crippen molar-refractivity contribution in [2.24, 2.45) is 0 Å². The number of halogens is 1. The summed E-state index contributed by atoms with van der Waals surface area (Å²) < 4.78 is 5.70. The zero-order valence-electron chi connectivity index (χ0n) is 11.8. The van der Waals surface area contributed by atoms with Gasteiger partial charge in [0, 0.05) is 25.2 Å². The second-order valence-electron chi connectivity index (χ2n) is 5.21. The van der Waals surface area contributed by atoms with Gasteiger partial charge in [-0.25, -0.2) is 0 Å². The van der Waals surface area contributed by atoms with Crippen LogP contribution in [0, 0.1) is 0 Å². The normalized spacial score (nSPS) is 17.9. The molecule has 3 rings (SSSR count). The molecule has 2 heterocycles. The van der Waals surface area contributed by atoms with Crippen molar-refractivity contribution in [1.29, 1.82) is 0 Å². The molecule has 4 nitrogen and oxygen atoms in total. The first-order valence-corrected chi connectivity index (χ1v) is 7.37. The average Bonchev–Trinajstić information content (AvgIpc) is 3.17. The fourth-order valence-electron chi connectivity index (χ4n) is 2.57. The third-order valence-corrected chi connectivity index (χ3v) is 4.19. The highest BCUT2D eigenvalue weighted by Gasteiger charge is 2.26. The number of carbonyl (C=O) groups excluding carboxylic acids is 1. The molecule has 0 spiro atoms. The van der Waals surface area contributed by atoms with Gasteiger partial charge >= 0.3 is 0 Å². The number of carbonyl (C=O) groups is 1. The number of nitrogens with one attached hydrogen (secondary N) is 1. The second-order valence-corrected chi connectivity index (χ2v) is 5.61. The molecule has 1 aliphatic rings. The molecular weight excluding hydrogens is 288 g/mol. The molecule has 1 aromatic heterocycles. The fraction of sp³-hybridized carbons (Fsp3) is 0.312. The van der Waals surface area contributed by atoms with E-state index in [1.807, 2.05) is 25.2 Å². The van der Waals surface area contributed by atoms with Crippen molar-refractivity contribution in [1.82, 2.24) is 10.2 Å². The number of benzene rings is 1. The van der Waals surface area contributed by atoms with Gasteiger partial charge in [0.15, 0.2) is 5.76 Å². The third kappa shape index (κ3) is 2.82. The van der Waals surface area contributed by atoms with Gasteiger partial charge in [-0.1, -0.05) is 23.7 Å². The molecule has 1 aliphatic heterocycles. The maximum Gasteiger partial charge on any atom is 0.289 e. The molecule has 1 saturated heterocycles. The van der Waals surface area contributed by atoms with Crippen molar-refractivity contribution in [3.63, 3.8) is 0 Å². The first kappa shape index (κ1) is 14.2. The van der Waals surface area contributed by atoms with Gasteiger partial charge < -0.3 is 14.6 Å². The number of hydrogen-bond donors (Lipinski definition) is 1. The van der Waals surface area contributed by atoms with E-state index in [-0.39, 0.29) is 11.9 Å². The molecule has 1 N–H and O–H groups in total.